The number of hydrogen-bond acceptors (Lipinski definition) is 4. The Kier molecular flexibility index (Phi) is 5.54. The van der Waals surface area contributed by atoms with E-state index in [4.69, 9.17) is 0 Å². The van der Waals surface area contributed by atoms with Crippen molar-refractivity contribution in [3.05, 3.63) is 47.8 Å². The molecule has 0 aliphatic carbocycles. The Morgan fingerprint density at radius 2 is 2.07 bits per heavy atom. The van der Waals surface area contributed by atoms with Crippen molar-refractivity contribution in [1.82, 2.24) is 14.7 Å². The minimum atomic E-state index is -0.986. The highest BCUT2D eigenvalue weighted by Crippen LogP contribution is 2.21. The van der Waals surface area contributed by atoms with Gasteiger partial charge in [-0.3, -0.25) is 14.3 Å². The van der Waals surface area contributed by atoms with Crippen molar-refractivity contribution >= 4 is 23.5 Å². The van der Waals surface area contributed by atoms with Crippen LogP contribution in [0.2, 0.25) is 0 Å². The van der Waals surface area contributed by atoms with Gasteiger partial charge in [-0.05, 0) is 44.4 Å². The van der Waals surface area contributed by atoms with Gasteiger partial charge in [-0.15, -0.1) is 0 Å². The smallest absolute Gasteiger partial charge is 0.326 e. The van der Waals surface area contributed by atoms with Gasteiger partial charge in [0, 0.05) is 30.5 Å². The first-order valence-electron chi connectivity index (χ1n) is 8.97. The largest absolute Gasteiger partial charge is 0.480 e. The number of aliphatic carboxylic acids is 1. The van der Waals surface area contributed by atoms with Gasteiger partial charge in [0.1, 0.15) is 6.04 Å². The van der Waals surface area contributed by atoms with Crippen molar-refractivity contribution in [3.63, 3.8) is 0 Å². The Balaban J connectivity index is 1.75. The third-order valence-electron chi connectivity index (χ3n) is 4.64. The number of carbonyl (C=O) groups excluding carboxylic acids is 2. The molecule has 8 heteroatoms. The molecule has 0 radical (unpaired) electrons. The minimum Gasteiger partial charge on any atom is -0.480 e. The minimum absolute atomic E-state index is 0.319. The second-order valence-electron chi connectivity index (χ2n) is 6.47. The second kappa shape index (κ2) is 8.03. The van der Waals surface area contributed by atoms with Gasteiger partial charge in [0.05, 0.1) is 11.8 Å². The summed E-state index contributed by atoms with van der Waals surface area (Å²) in [5.74, 6) is -1.64. The molecule has 2 aromatic rings. The SMILES string of the molecule is CCn1cc(C(=O)Nc2cccc(C(=O)N3CCCCC3C(=O)O)c2)cn1. The van der Waals surface area contributed by atoms with E-state index in [-0.39, 0.29) is 11.8 Å². The summed E-state index contributed by atoms with van der Waals surface area (Å²) in [5, 5.41) is 16.2. The molecule has 27 heavy (non-hydrogen) atoms. The van der Waals surface area contributed by atoms with E-state index in [1.165, 1.54) is 11.1 Å². The molecule has 2 amide bonds. The molecule has 1 aliphatic rings. The van der Waals surface area contributed by atoms with Crippen molar-refractivity contribution in [2.75, 3.05) is 11.9 Å². The van der Waals surface area contributed by atoms with E-state index in [1.807, 2.05) is 6.92 Å². The highest BCUT2D eigenvalue weighted by molar-refractivity contribution is 6.05. The van der Waals surface area contributed by atoms with Gasteiger partial charge in [-0.2, -0.15) is 5.10 Å². The number of anilines is 1. The molecule has 3 rings (SSSR count). The lowest BCUT2D eigenvalue weighted by atomic mass is 10.0. The van der Waals surface area contributed by atoms with Crippen LogP contribution in [0.1, 0.15) is 46.9 Å². The Labute approximate surface area is 156 Å². The molecular weight excluding hydrogens is 348 g/mol. The summed E-state index contributed by atoms with van der Waals surface area (Å²) in [4.78, 5) is 38.0. The van der Waals surface area contributed by atoms with Gasteiger partial charge in [-0.1, -0.05) is 6.07 Å². The molecule has 1 atom stereocenters. The fraction of sp³-hybridized carbons (Fsp3) is 0.368. The molecule has 1 saturated heterocycles. The summed E-state index contributed by atoms with van der Waals surface area (Å²) >= 11 is 0. The fourth-order valence-electron chi connectivity index (χ4n) is 3.18. The summed E-state index contributed by atoms with van der Waals surface area (Å²) in [5.41, 5.74) is 1.25. The molecule has 1 aliphatic heterocycles. The van der Waals surface area contributed by atoms with Gasteiger partial charge in [0.25, 0.3) is 11.8 Å². The maximum atomic E-state index is 12.8. The number of carboxylic acids is 1. The van der Waals surface area contributed by atoms with Gasteiger partial charge in [0.2, 0.25) is 0 Å². The number of amides is 2. The third-order valence-corrected chi connectivity index (χ3v) is 4.64. The molecule has 0 spiro atoms. The predicted molar refractivity (Wildman–Crippen MR) is 98.6 cm³/mol. The highest BCUT2D eigenvalue weighted by Gasteiger charge is 2.32. The normalized spacial score (nSPS) is 16.8. The Morgan fingerprint density at radius 1 is 1.26 bits per heavy atom. The van der Waals surface area contributed by atoms with E-state index in [9.17, 15) is 19.5 Å². The highest BCUT2D eigenvalue weighted by atomic mass is 16.4. The average Bonchev–Trinajstić information content (AvgIpc) is 3.17. The van der Waals surface area contributed by atoms with Crippen molar-refractivity contribution < 1.29 is 19.5 Å². The van der Waals surface area contributed by atoms with Crippen molar-refractivity contribution in [2.24, 2.45) is 0 Å². The number of carbonyl (C=O) groups is 3. The van der Waals surface area contributed by atoms with Crippen LogP contribution in [0.15, 0.2) is 36.7 Å². The molecule has 1 aromatic heterocycles. The zero-order chi connectivity index (χ0) is 19.4. The number of aryl methyl sites for hydroxylation is 1. The number of carboxylic acid groups (broad SMARTS) is 1. The van der Waals surface area contributed by atoms with Gasteiger partial charge in [-0.25, -0.2) is 4.79 Å². The first-order valence-corrected chi connectivity index (χ1v) is 8.97. The summed E-state index contributed by atoms with van der Waals surface area (Å²) in [6.45, 7) is 3.01. The van der Waals surface area contributed by atoms with E-state index in [0.29, 0.717) is 36.3 Å². The first kappa shape index (κ1) is 18.6. The lowest BCUT2D eigenvalue weighted by Gasteiger charge is -2.33. The van der Waals surface area contributed by atoms with Crippen molar-refractivity contribution in [3.8, 4) is 0 Å². The van der Waals surface area contributed by atoms with E-state index < -0.39 is 12.0 Å². The molecule has 2 heterocycles. The number of hydrogen-bond donors (Lipinski definition) is 2. The standard InChI is InChI=1S/C19H22N4O4/c1-2-22-12-14(11-20-22)17(24)21-15-7-5-6-13(10-15)18(25)23-9-4-3-8-16(23)19(26)27/h5-7,10-12,16H,2-4,8-9H2,1H3,(H,21,24)(H,26,27). The zero-order valence-electron chi connectivity index (χ0n) is 15.1. The van der Waals surface area contributed by atoms with Crippen LogP contribution >= 0.6 is 0 Å². The van der Waals surface area contributed by atoms with Gasteiger partial charge >= 0.3 is 5.97 Å². The summed E-state index contributed by atoms with van der Waals surface area (Å²) < 4.78 is 1.65. The second-order valence-corrected chi connectivity index (χ2v) is 6.47. The topological polar surface area (TPSA) is 105 Å². The van der Waals surface area contributed by atoms with Crippen LogP contribution in [-0.2, 0) is 11.3 Å². The summed E-state index contributed by atoms with van der Waals surface area (Å²) in [7, 11) is 0. The molecule has 8 nitrogen and oxygen atoms in total. The van der Waals surface area contributed by atoms with Crippen LogP contribution in [0.25, 0.3) is 0 Å². The maximum absolute atomic E-state index is 12.8. The number of likely N-dealkylation sites (tertiary alicyclic amines) is 1. The quantitative estimate of drug-likeness (QED) is 0.840. The van der Waals surface area contributed by atoms with Crippen LogP contribution in [0.4, 0.5) is 5.69 Å². The van der Waals surface area contributed by atoms with E-state index in [1.54, 1.807) is 35.1 Å². The van der Waals surface area contributed by atoms with Crippen LogP contribution < -0.4 is 5.32 Å². The maximum Gasteiger partial charge on any atom is 0.326 e. The number of nitrogens with one attached hydrogen (secondary N) is 1. The van der Waals surface area contributed by atoms with Crippen LogP contribution in [0.3, 0.4) is 0 Å². The summed E-state index contributed by atoms with van der Waals surface area (Å²) in [6.07, 6.45) is 5.17. The Morgan fingerprint density at radius 3 is 2.78 bits per heavy atom. The average molecular weight is 370 g/mol. The predicted octanol–water partition coefficient (Wildman–Crippen LogP) is 2.23. The monoisotopic (exact) mass is 370 g/mol. The fourth-order valence-corrected chi connectivity index (χ4v) is 3.18. The molecule has 0 saturated carbocycles. The van der Waals surface area contributed by atoms with Gasteiger partial charge in [0.15, 0.2) is 0 Å². The van der Waals surface area contributed by atoms with Crippen molar-refractivity contribution in [1.29, 1.82) is 0 Å². The Hall–Kier alpha value is -3.16. The van der Waals surface area contributed by atoms with E-state index >= 15 is 0 Å². The number of piperidine rings is 1. The molecule has 1 fully saturated rings. The molecule has 1 unspecified atom stereocenters. The molecule has 2 N–H and O–H groups in total. The third kappa shape index (κ3) is 4.16. The number of rotatable bonds is 5. The molecule has 142 valence electrons. The van der Waals surface area contributed by atoms with Gasteiger partial charge < -0.3 is 15.3 Å². The van der Waals surface area contributed by atoms with E-state index in [2.05, 4.69) is 10.4 Å². The van der Waals surface area contributed by atoms with Crippen molar-refractivity contribution in [2.45, 2.75) is 38.8 Å². The number of nitrogens with zero attached hydrogens (tertiary/aromatic N) is 3. The number of benzene rings is 1. The lowest BCUT2D eigenvalue weighted by Crippen LogP contribution is -2.48. The van der Waals surface area contributed by atoms with E-state index in [0.717, 1.165) is 12.8 Å². The van der Waals surface area contributed by atoms with Crippen LogP contribution in [0, 0.1) is 0 Å². The zero-order valence-corrected chi connectivity index (χ0v) is 15.1. The summed E-state index contributed by atoms with van der Waals surface area (Å²) in [6, 6.07) is 5.74. The number of aromatic nitrogens is 2. The first-order chi connectivity index (χ1) is 13.0. The Bertz CT molecular complexity index is 861. The van der Waals surface area contributed by atoms with Crippen LogP contribution in [-0.4, -0.2) is 50.2 Å². The van der Waals surface area contributed by atoms with Crippen LogP contribution in [0.5, 0.6) is 0 Å². The lowest BCUT2D eigenvalue weighted by molar-refractivity contribution is -0.143. The molecule has 1 aromatic carbocycles. The molecule has 0 bridgehead atoms. The molecular formula is C19H22N4O4.